The molecule has 11 heavy (non-hydrogen) atoms. The first kappa shape index (κ1) is 8.23. The Bertz CT molecular complexity index is 302. The summed E-state index contributed by atoms with van der Waals surface area (Å²) in [7, 11) is 0. The molecule has 0 saturated heterocycles. The maximum absolute atomic E-state index is 10.6. The Morgan fingerprint density at radius 3 is 2.64 bits per heavy atom. The Labute approximate surface area is 72.3 Å². The molecule has 0 aliphatic rings. The van der Waals surface area contributed by atoms with E-state index >= 15 is 0 Å². The van der Waals surface area contributed by atoms with Crippen molar-refractivity contribution < 1.29 is 4.79 Å². The van der Waals surface area contributed by atoms with Gasteiger partial charge < -0.3 is 5.73 Å². The molecule has 0 saturated carbocycles. The molecule has 0 fully saturated rings. The third-order valence-electron chi connectivity index (χ3n) is 0.980. The lowest BCUT2D eigenvalue weighted by molar-refractivity contribution is 0.0995. The summed E-state index contributed by atoms with van der Waals surface area (Å²) in [6.45, 7) is 0. The summed E-state index contributed by atoms with van der Waals surface area (Å²) in [6.07, 6.45) is 1.23. The van der Waals surface area contributed by atoms with Crippen LogP contribution in [-0.4, -0.2) is 16.1 Å². The van der Waals surface area contributed by atoms with Crippen molar-refractivity contribution in [2.75, 3.05) is 0 Å². The van der Waals surface area contributed by atoms with Gasteiger partial charge in [-0.05, 0) is 0 Å². The van der Waals surface area contributed by atoms with Crippen LogP contribution >= 0.6 is 23.2 Å². The smallest absolute Gasteiger partial charge is 0.270 e. The van der Waals surface area contributed by atoms with Crippen LogP contribution in [0.1, 0.15) is 10.5 Å². The first-order valence-electron chi connectivity index (χ1n) is 2.59. The molecule has 2 N–H and O–H groups in total. The van der Waals surface area contributed by atoms with Gasteiger partial charge >= 0.3 is 0 Å². The predicted octanol–water partition coefficient (Wildman–Crippen LogP) is 0.882. The molecule has 4 nitrogen and oxygen atoms in total. The van der Waals surface area contributed by atoms with Crippen molar-refractivity contribution in [3.63, 3.8) is 0 Å². The van der Waals surface area contributed by atoms with E-state index < -0.39 is 5.91 Å². The maximum atomic E-state index is 10.6. The van der Waals surface area contributed by atoms with E-state index in [1.807, 2.05) is 0 Å². The molecule has 0 unspecified atom stereocenters. The summed E-state index contributed by atoms with van der Waals surface area (Å²) in [5.74, 6) is -0.745. The topological polar surface area (TPSA) is 68.9 Å². The minimum absolute atomic E-state index is 0.0363. The molecular formula is C5H3Cl2N3O. The van der Waals surface area contributed by atoms with Crippen LogP contribution in [0, 0.1) is 0 Å². The molecule has 1 heterocycles. The molecular weight excluding hydrogens is 189 g/mol. The highest BCUT2D eigenvalue weighted by Crippen LogP contribution is 2.21. The summed E-state index contributed by atoms with van der Waals surface area (Å²) < 4.78 is 0. The second kappa shape index (κ2) is 3.02. The van der Waals surface area contributed by atoms with Crippen LogP contribution < -0.4 is 5.73 Å². The molecule has 6 heteroatoms. The summed E-state index contributed by atoms with van der Waals surface area (Å²) in [6, 6.07) is 0. The highest BCUT2D eigenvalue weighted by Gasteiger charge is 2.11. The van der Waals surface area contributed by atoms with Crippen molar-refractivity contribution in [3.05, 3.63) is 21.9 Å². The van der Waals surface area contributed by atoms with Crippen molar-refractivity contribution in [1.29, 1.82) is 0 Å². The van der Waals surface area contributed by atoms with E-state index in [0.717, 1.165) is 0 Å². The lowest BCUT2D eigenvalue weighted by atomic mass is 10.4. The van der Waals surface area contributed by atoms with Gasteiger partial charge in [-0.2, -0.15) is 5.10 Å². The van der Waals surface area contributed by atoms with Crippen LogP contribution in [0.3, 0.4) is 0 Å². The van der Waals surface area contributed by atoms with Gasteiger partial charge in [0.05, 0.1) is 16.2 Å². The van der Waals surface area contributed by atoms with Crippen molar-refractivity contribution in [3.8, 4) is 0 Å². The molecule has 0 aliphatic carbocycles. The SMILES string of the molecule is NC(=O)c1nncc(Cl)c1Cl. The van der Waals surface area contributed by atoms with Gasteiger partial charge in [-0.1, -0.05) is 23.2 Å². The normalized spacial score (nSPS) is 9.64. The third kappa shape index (κ3) is 1.58. The van der Waals surface area contributed by atoms with Gasteiger partial charge in [0.15, 0.2) is 5.69 Å². The number of nitrogens with two attached hydrogens (primary N) is 1. The molecule has 1 aromatic rings. The highest BCUT2D eigenvalue weighted by molar-refractivity contribution is 6.43. The standard InChI is InChI=1S/C5H3Cl2N3O/c6-2-1-9-10-4(3(2)7)5(8)11/h1H,(H2,8,11). The molecule has 58 valence electrons. The Hall–Kier alpha value is -0.870. The van der Waals surface area contributed by atoms with Crippen LogP contribution in [-0.2, 0) is 0 Å². The Kier molecular flexibility index (Phi) is 2.26. The number of amides is 1. The van der Waals surface area contributed by atoms with Crippen LogP contribution in [0.2, 0.25) is 10.0 Å². The largest absolute Gasteiger partial charge is 0.364 e. The summed E-state index contributed by atoms with van der Waals surface area (Å²) in [5, 5.41) is 7.00. The molecule has 0 radical (unpaired) electrons. The average Bonchev–Trinajstić information content (AvgIpc) is 1.94. The highest BCUT2D eigenvalue weighted by atomic mass is 35.5. The fraction of sp³-hybridized carbons (Fsp3) is 0. The van der Waals surface area contributed by atoms with E-state index in [1.54, 1.807) is 0 Å². The second-order valence-electron chi connectivity index (χ2n) is 1.72. The van der Waals surface area contributed by atoms with Crippen LogP contribution in [0.15, 0.2) is 6.20 Å². The van der Waals surface area contributed by atoms with Crippen molar-refractivity contribution in [1.82, 2.24) is 10.2 Å². The first-order chi connectivity index (χ1) is 5.13. The summed E-state index contributed by atoms with van der Waals surface area (Å²) in [4.78, 5) is 10.6. The Morgan fingerprint density at radius 1 is 1.55 bits per heavy atom. The number of nitrogens with zero attached hydrogens (tertiary/aromatic N) is 2. The van der Waals surface area contributed by atoms with Crippen LogP contribution in [0.5, 0.6) is 0 Å². The third-order valence-corrected chi connectivity index (χ3v) is 1.75. The molecule has 1 amide bonds. The maximum Gasteiger partial charge on any atom is 0.270 e. The first-order valence-corrected chi connectivity index (χ1v) is 3.35. The molecule has 0 aromatic carbocycles. The van der Waals surface area contributed by atoms with Crippen LogP contribution in [0.25, 0.3) is 0 Å². The quantitative estimate of drug-likeness (QED) is 0.717. The molecule has 0 spiro atoms. The van der Waals surface area contributed by atoms with Gasteiger partial charge in [0.1, 0.15) is 0 Å². The van der Waals surface area contributed by atoms with Gasteiger partial charge in [0.2, 0.25) is 0 Å². The van der Waals surface area contributed by atoms with E-state index in [9.17, 15) is 4.79 Å². The minimum atomic E-state index is -0.745. The van der Waals surface area contributed by atoms with Crippen molar-refractivity contribution in [2.45, 2.75) is 0 Å². The number of hydrogen-bond donors (Lipinski definition) is 1. The number of carbonyl (C=O) groups is 1. The lowest BCUT2D eigenvalue weighted by Gasteiger charge is -1.96. The van der Waals surface area contributed by atoms with E-state index in [-0.39, 0.29) is 15.7 Å². The molecule has 0 bridgehead atoms. The number of rotatable bonds is 1. The molecule has 0 aliphatic heterocycles. The van der Waals surface area contributed by atoms with E-state index in [1.165, 1.54) is 6.20 Å². The number of primary amides is 1. The minimum Gasteiger partial charge on any atom is -0.364 e. The zero-order valence-corrected chi connectivity index (χ0v) is 6.73. The van der Waals surface area contributed by atoms with Gasteiger partial charge in [-0.15, -0.1) is 5.10 Å². The van der Waals surface area contributed by atoms with Gasteiger partial charge in [0.25, 0.3) is 5.91 Å². The van der Waals surface area contributed by atoms with Crippen LogP contribution in [0.4, 0.5) is 0 Å². The Balaban J connectivity index is 3.27. The van der Waals surface area contributed by atoms with Gasteiger partial charge in [-0.3, -0.25) is 4.79 Å². The fourth-order valence-electron chi connectivity index (χ4n) is 0.508. The van der Waals surface area contributed by atoms with E-state index in [4.69, 9.17) is 28.9 Å². The molecule has 0 atom stereocenters. The fourth-order valence-corrected chi connectivity index (χ4v) is 0.821. The van der Waals surface area contributed by atoms with Gasteiger partial charge in [-0.25, -0.2) is 0 Å². The zero-order chi connectivity index (χ0) is 8.43. The predicted molar refractivity (Wildman–Crippen MR) is 40.6 cm³/mol. The van der Waals surface area contributed by atoms with E-state index in [0.29, 0.717) is 0 Å². The molecule has 1 aromatic heterocycles. The number of halogens is 2. The van der Waals surface area contributed by atoms with E-state index in [2.05, 4.69) is 10.2 Å². The van der Waals surface area contributed by atoms with Gasteiger partial charge in [0, 0.05) is 0 Å². The second-order valence-corrected chi connectivity index (χ2v) is 2.50. The zero-order valence-electron chi connectivity index (χ0n) is 5.21. The monoisotopic (exact) mass is 191 g/mol. The summed E-state index contributed by atoms with van der Waals surface area (Å²) >= 11 is 11.1. The Morgan fingerprint density at radius 2 is 2.18 bits per heavy atom. The number of hydrogen-bond acceptors (Lipinski definition) is 3. The lowest BCUT2D eigenvalue weighted by Crippen LogP contribution is -2.14. The summed E-state index contributed by atoms with van der Waals surface area (Å²) in [5.41, 5.74) is 4.79. The van der Waals surface area contributed by atoms with Crippen molar-refractivity contribution in [2.24, 2.45) is 5.73 Å². The van der Waals surface area contributed by atoms with Crippen molar-refractivity contribution >= 4 is 29.1 Å². The average molecular weight is 192 g/mol. The number of carbonyl (C=O) groups excluding carboxylic acids is 1. The molecule has 1 rings (SSSR count). The number of aromatic nitrogens is 2.